The van der Waals surface area contributed by atoms with Gasteiger partial charge in [-0.2, -0.15) is 4.98 Å². The molecular weight excluding hydrogens is 328 g/mol. The van der Waals surface area contributed by atoms with E-state index in [-0.39, 0.29) is 0 Å². The van der Waals surface area contributed by atoms with Crippen molar-refractivity contribution in [2.45, 2.75) is 13.0 Å². The third-order valence-corrected chi connectivity index (χ3v) is 4.42. The van der Waals surface area contributed by atoms with E-state index in [0.29, 0.717) is 18.3 Å². The summed E-state index contributed by atoms with van der Waals surface area (Å²) in [7, 11) is 0. The lowest BCUT2D eigenvalue weighted by Crippen LogP contribution is -2.05. The van der Waals surface area contributed by atoms with Crippen LogP contribution >= 0.6 is 0 Å². The molecule has 0 saturated carbocycles. The van der Waals surface area contributed by atoms with Crippen LogP contribution in [0.15, 0.2) is 55.1 Å². The second kappa shape index (κ2) is 6.11. The second-order valence-electron chi connectivity index (χ2n) is 6.10. The third-order valence-electron chi connectivity index (χ3n) is 4.42. The summed E-state index contributed by atoms with van der Waals surface area (Å²) >= 11 is 0. The number of benzene rings is 1. The lowest BCUT2D eigenvalue weighted by atomic mass is 10.1. The first kappa shape index (κ1) is 14.8. The van der Waals surface area contributed by atoms with E-state index in [2.05, 4.69) is 37.4 Å². The van der Waals surface area contributed by atoms with Gasteiger partial charge in [0.25, 0.3) is 0 Å². The van der Waals surface area contributed by atoms with E-state index < -0.39 is 0 Å². The molecule has 4 aromatic rings. The Hall–Kier alpha value is -3.48. The number of nitrogens with one attached hydrogen (secondary N) is 1. The van der Waals surface area contributed by atoms with Gasteiger partial charge in [0.2, 0.25) is 5.95 Å². The Labute approximate surface area is 149 Å². The first-order valence-electron chi connectivity index (χ1n) is 8.47. The van der Waals surface area contributed by atoms with E-state index in [1.165, 1.54) is 17.5 Å². The van der Waals surface area contributed by atoms with Gasteiger partial charge in [-0.3, -0.25) is 4.40 Å². The number of hydrogen-bond donors (Lipinski definition) is 1. The molecule has 5 rings (SSSR count). The molecule has 0 fully saturated rings. The van der Waals surface area contributed by atoms with Crippen LogP contribution < -0.4 is 10.1 Å². The van der Waals surface area contributed by atoms with E-state index in [4.69, 9.17) is 4.74 Å². The van der Waals surface area contributed by atoms with Gasteiger partial charge in [0.05, 0.1) is 12.8 Å². The minimum absolute atomic E-state index is 0.539. The molecule has 1 N–H and O–H groups in total. The minimum atomic E-state index is 0.539. The van der Waals surface area contributed by atoms with Crippen molar-refractivity contribution >= 4 is 11.6 Å². The van der Waals surface area contributed by atoms with Gasteiger partial charge in [-0.05, 0) is 29.3 Å². The molecule has 1 aliphatic rings. The highest BCUT2D eigenvalue weighted by Gasteiger charge is 2.13. The van der Waals surface area contributed by atoms with Crippen LogP contribution in [0.1, 0.15) is 11.1 Å². The van der Waals surface area contributed by atoms with Gasteiger partial charge in [-0.1, -0.05) is 18.2 Å². The number of pyridine rings is 1. The summed E-state index contributed by atoms with van der Waals surface area (Å²) in [4.78, 5) is 17.4. The number of imidazole rings is 1. The van der Waals surface area contributed by atoms with Crippen LogP contribution in [-0.2, 0) is 13.0 Å². The largest absolute Gasteiger partial charge is 0.493 e. The Morgan fingerprint density at radius 3 is 3.12 bits per heavy atom. The fourth-order valence-electron chi connectivity index (χ4n) is 3.13. The van der Waals surface area contributed by atoms with Crippen LogP contribution in [0.3, 0.4) is 0 Å². The Balaban J connectivity index is 1.38. The van der Waals surface area contributed by atoms with Gasteiger partial charge in [-0.15, -0.1) is 0 Å². The molecule has 0 radical (unpaired) electrons. The number of hydrogen-bond acceptors (Lipinski definition) is 6. The number of fused-ring (bicyclic) bond motifs is 2. The summed E-state index contributed by atoms with van der Waals surface area (Å²) in [5.41, 5.74) is 4.12. The number of anilines is 1. The fraction of sp³-hybridized carbons (Fsp3) is 0.158. The summed E-state index contributed by atoms with van der Waals surface area (Å²) in [5.74, 6) is 2.12. The minimum Gasteiger partial charge on any atom is -0.493 e. The van der Waals surface area contributed by atoms with Crippen LogP contribution in [0.5, 0.6) is 5.75 Å². The Morgan fingerprint density at radius 2 is 2.12 bits per heavy atom. The third kappa shape index (κ3) is 2.63. The molecule has 0 aliphatic carbocycles. The van der Waals surface area contributed by atoms with Gasteiger partial charge in [0.15, 0.2) is 5.82 Å². The van der Waals surface area contributed by atoms with Crippen molar-refractivity contribution in [3.05, 3.63) is 66.2 Å². The molecule has 26 heavy (non-hydrogen) atoms. The molecule has 1 aromatic carbocycles. The summed E-state index contributed by atoms with van der Waals surface area (Å²) in [6.45, 7) is 1.41. The molecule has 128 valence electrons. The highest BCUT2D eigenvalue weighted by Crippen LogP contribution is 2.26. The first-order chi connectivity index (χ1) is 12.9. The van der Waals surface area contributed by atoms with Gasteiger partial charge >= 0.3 is 0 Å². The smallest absolute Gasteiger partial charge is 0.226 e. The average Bonchev–Trinajstić information content (AvgIpc) is 3.33. The van der Waals surface area contributed by atoms with Crippen LogP contribution in [0, 0.1) is 0 Å². The highest BCUT2D eigenvalue weighted by atomic mass is 16.5. The van der Waals surface area contributed by atoms with E-state index in [1.807, 2.05) is 34.9 Å². The topological polar surface area (TPSA) is 77.2 Å². The van der Waals surface area contributed by atoms with Crippen LogP contribution in [0.4, 0.5) is 5.95 Å². The molecule has 7 heteroatoms. The Bertz CT molecular complexity index is 1090. The van der Waals surface area contributed by atoms with Gasteiger partial charge in [-0.25, -0.2) is 15.0 Å². The van der Waals surface area contributed by atoms with Gasteiger partial charge in [0, 0.05) is 19.2 Å². The van der Waals surface area contributed by atoms with Crippen LogP contribution in [0.2, 0.25) is 0 Å². The molecule has 7 nitrogen and oxygen atoms in total. The molecule has 0 unspecified atom stereocenters. The fourth-order valence-corrected chi connectivity index (χ4v) is 3.13. The van der Waals surface area contributed by atoms with Gasteiger partial charge < -0.3 is 10.1 Å². The average molecular weight is 344 g/mol. The normalized spacial score (nSPS) is 12.8. The molecule has 0 saturated heterocycles. The zero-order valence-corrected chi connectivity index (χ0v) is 14.0. The molecule has 0 spiro atoms. The number of nitrogens with zero attached hydrogens (tertiary/aromatic N) is 5. The van der Waals surface area contributed by atoms with E-state index in [1.54, 1.807) is 6.20 Å². The SMILES string of the molecule is c1ccn2c(-c3ncnc(NCc4ccc5c(c4)CCO5)n3)cnc2c1. The lowest BCUT2D eigenvalue weighted by Gasteiger charge is -2.07. The van der Waals surface area contributed by atoms with E-state index in [9.17, 15) is 0 Å². The molecule has 0 amide bonds. The summed E-state index contributed by atoms with van der Waals surface area (Å²) in [6, 6.07) is 12.1. The van der Waals surface area contributed by atoms with Crippen molar-refractivity contribution in [3.63, 3.8) is 0 Å². The lowest BCUT2D eigenvalue weighted by molar-refractivity contribution is 0.357. The van der Waals surface area contributed by atoms with Crippen molar-refractivity contribution in [2.75, 3.05) is 11.9 Å². The summed E-state index contributed by atoms with van der Waals surface area (Å²) in [5, 5.41) is 3.27. The Morgan fingerprint density at radius 1 is 1.12 bits per heavy atom. The number of ether oxygens (including phenoxy) is 1. The molecule has 0 bridgehead atoms. The quantitative estimate of drug-likeness (QED) is 0.613. The maximum atomic E-state index is 5.55. The number of rotatable bonds is 4. The highest BCUT2D eigenvalue weighted by molar-refractivity contribution is 5.57. The summed E-state index contributed by atoms with van der Waals surface area (Å²) in [6.07, 6.45) is 6.20. The maximum Gasteiger partial charge on any atom is 0.226 e. The molecule has 1 aliphatic heterocycles. The standard InChI is InChI=1S/C19H16N6O/c1-2-7-25-15(11-20-17(25)3-1)18-22-12-23-19(24-18)21-10-13-4-5-16-14(9-13)6-8-26-16/h1-5,7,9,11-12H,6,8,10H2,(H,21,22,23,24). The van der Waals surface area contributed by atoms with Crippen molar-refractivity contribution in [3.8, 4) is 17.3 Å². The summed E-state index contributed by atoms with van der Waals surface area (Å²) < 4.78 is 7.50. The van der Waals surface area contributed by atoms with E-state index in [0.717, 1.165) is 30.1 Å². The van der Waals surface area contributed by atoms with Gasteiger partial charge in [0.1, 0.15) is 23.4 Å². The maximum absolute atomic E-state index is 5.55. The predicted molar refractivity (Wildman–Crippen MR) is 97.0 cm³/mol. The first-order valence-corrected chi connectivity index (χ1v) is 8.47. The van der Waals surface area contributed by atoms with Crippen molar-refractivity contribution in [2.24, 2.45) is 0 Å². The number of aromatic nitrogens is 5. The van der Waals surface area contributed by atoms with Crippen molar-refractivity contribution < 1.29 is 4.74 Å². The zero-order valence-electron chi connectivity index (χ0n) is 14.0. The monoisotopic (exact) mass is 344 g/mol. The van der Waals surface area contributed by atoms with Crippen molar-refractivity contribution in [1.82, 2.24) is 24.3 Å². The molecule has 4 heterocycles. The van der Waals surface area contributed by atoms with Crippen molar-refractivity contribution in [1.29, 1.82) is 0 Å². The van der Waals surface area contributed by atoms with Crippen LogP contribution in [-0.4, -0.2) is 30.9 Å². The molecule has 0 atom stereocenters. The predicted octanol–water partition coefficient (Wildman–Crippen LogP) is 2.73. The Kier molecular flexibility index (Phi) is 3.48. The zero-order chi connectivity index (χ0) is 17.3. The van der Waals surface area contributed by atoms with E-state index >= 15 is 0 Å². The molecular formula is C19H16N6O. The van der Waals surface area contributed by atoms with Crippen LogP contribution in [0.25, 0.3) is 17.2 Å². The second-order valence-corrected chi connectivity index (χ2v) is 6.10. The molecule has 3 aromatic heterocycles.